The Bertz CT molecular complexity index is 641. The lowest BCUT2D eigenvalue weighted by Crippen LogP contribution is -2.02. The molecule has 6 heteroatoms. The largest absolute Gasteiger partial charge is 0.381 e. The van der Waals surface area contributed by atoms with Crippen molar-refractivity contribution < 1.29 is 9.31 Å². The van der Waals surface area contributed by atoms with Crippen LogP contribution in [-0.2, 0) is 6.54 Å². The predicted octanol–water partition coefficient (Wildman–Crippen LogP) is 4.31. The first-order valence-corrected chi connectivity index (χ1v) is 6.27. The lowest BCUT2D eigenvalue weighted by Gasteiger charge is -2.10. The second kappa shape index (κ2) is 5.88. The molecule has 0 spiro atoms. The fourth-order valence-corrected chi connectivity index (χ4v) is 2.11. The van der Waals surface area contributed by atoms with E-state index in [1.54, 1.807) is 19.1 Å². The summed E-state index contributed by atoms with van der Waals surface area (Å²) >= 11 is 5.78. The van der Waals surface area contributed by atoms with Gasteiger partial charge in [-0.15, -0.1) is 0 Å². The quantitative estimate of drug-likeness (QED) is 0.675. The van der Waals surface area contributed by atoms with Crippen LogP contribution in [0.1, 0.15) is 11.1 Å². The van der Waals surface area contributed by atoms with E-state index in [1.165, 1.54) is 24.3 Å². The number of halogens is 2. The van der Waals surface area contributed by atoms with Crippen molar-refractivity contribution in [3.05, 3.63) is 68.5 Å². The number of nitrogens with one attached hydrogen (secondary N) is 1. The van der Waals surface area contributed by atoms with Gasteiger partial charge < -0.3 is 5.32 Å². The second-order valence-corrected chi connectivity index (χ2v) is 4.82. The molecule has 0 aromatic heterocycles. The monoisotopic (exact) mass is 294 g/mol. The number of aryl methyl sites for hydroxylation is 1. The number of benzene rings is 2. The van der Waals surface area contributed by atoms with Crippen LogP contribution in [0.4, 0.5) is 15.8 Å². The summed E-state index contributed by atoms with van der Waals surface area (Å²) < 4.78 is 13.2. The second-order valence-electron chi connectivity index (χ2n) is 4.39. The van der Waals surface area contributed by atoms with Gasteiger partial charge in [-0.25, -0.2) is 4.39 Å². The Hall–Kier alpha value is -2.14. The molecule has 0 saturated carbocycles. The first kappa shape index (κ1) is 14.3. The van der Waals surface area contributed by atoms with Crippen LogP contribution in [-0.4, -0.2) is 4.92 Å². The molecule has 2 aromatic carbocycles. The number of non-ortho nitro benzene ring substituents is 1. The SMILES string of the molecule is Cc1cc([N+](=O)[O-])ccc1NCc1cc(F)cc(Cl)c1. The summed E-state index contributed by atoms with van der Waals surface area (Å²) in [6.45, 7) is 2.16. The Kier molecular flexibility index (Phi) is 4.20. The minimum atomic E-state index is -0.441. The minimum Gasteiger partial charge on any atom is -0.381 e. The Balaban J connectivity index is 2.12. The molecule has 0 atom stereocenters. The number of nitrogens with zero attached hydrogens (tertiary/aromatic N) is 1. The summed E-state index contributed by atoms with van der Waals surface area (Å²) in [4.78, 5) is 10.2. The highest BCUT2D eigenvalue weighted by Crippen LogP contribution is 2.22. The van der Waals surface area contributed by atoms with Gasteiger partial charge in [0.05, 0.1) is 4.92 Å². The van der Waals surface area contributed by atoms with Crippen molar-refractivity contribution in [2.45, 2.75) is 13.5 Å². The molecule has 0 aliphatic rings. The summed E-state index contributed by atoms with van der Waals surface area (Å²) in [7, 11) is 0. The van der Waals surface area contributed by atoms with E-state index in [4.69, 9.17) is 11.6 Å². The van der Waals surface area contributed by atoms with Crippen LogP contribution in [0.15, 0.2) is 36.4 Å². The highest BCUT2D eigenvalue weighted by Gasteiger charge is 2.08. The van der Waals surface area contributed by atoms with Crippen molar-refractivity contribution in [1.29, 1.82) is 0 Å². The fourth-order valence-electron chi connectivity index (χ4n) is 1.87. The first-order chi connectivity index (χ1) is 9.45. The molecule has 0 unspecified atom stereocenters. The van der Waals surface area contributed by atoms with E-state index >= 15 is 0 Å². The molecule has 0 radical (unpaired) electrons. The van der Waals surface area contributed by atoms with Gasteiger partial charge in [0.2, 0.25) is 0 Å². The summed E-state index contributed by atoms with van der Waals surface area (Å²) in [5, 5.41) is 14.1. The summed E-state index contributed by atoms with van der Waals surface area (Å²) in [6, 6.07) is 8.84. The maximum absolute atomic E-state index is 13.2. The number of anilines is 1. The van der Waals surface area contributed by atoms with Gasteiger partial charge in [0.25, 0.3) is 5.69 Å². The van der Waals surface area contributed by atoms with Gasteiger partial charge in [-0.05, 0) is 42.3 Å². The van der Waals surface area contributed by atoms with Crippen molar-refractivity contribution in [3.8, 4) is 0 Å². The van der Waals surface area contributed by atoms with Crippen LogP contribution in [0, 0.1) is 22.9 Å². The third-order valence-electron chi connectivity index (χ3n) is 2.83. The van der Waals surface area contributed by atoms with Crippen molar-refractivity contribution >= 4 is 23.0 Å². The number of rotatable bonds is 4. The summed E-state index contributed by atoms with van der Waals surface area (Å²) in [6.07, 6.45) is 0. The maximum atomic E-state index is 13.2. The van der Waals surface area contributed by atoms with Crippen LogP contribution in [0.2, 0.25) is 5.02 Å². The predicted molar refractivity (Wildman–Crippen MR) is 76.6 cm³/mol. The van der Waals surface area contributed by atoms with Crippen molar-refractivity contribution in [1.82, 2.24) is 0 Å². The third kappa shape index (κ3) is 3.45. The molecular weight excluding hydrogens is 283 g/mol. The average molecular weight is 295 g/mol. The number of nitro benzene ring substituents is 1. The Morgan fingerprint density at radius 3 is 2.65 bits per heavy atom. The van der Waals surface area contributed by atoms with Gasteiger partial charge in [0.15, 0.2) is 0 Å². The van der Waals surface area contributed by atoms with Crippen LogP contribution >= 0.6 is 11.6 Å². The Labute approximate surface area is 120 Å². The average Bonchev–Trinajstić information content (AvgIpc) is 2.36. The molecule has 20 heavy (non-hydrogen) atoms. The van der Waals surface area contributed by atoms with E-state index in [1.807, 2.05) is 0 Å². The molecule has 2 aromatic rings. The highest BCUT2D eigenvalue weighted by molar-refractivity contribution is 6.30. The summed E-state index contributed by atoms with van der Waals surface area (Å²) in [5.74, 6) is -0.394. The zero-order valence-electron chi connectivity index (χ0n) is 10.7. The zero-order chi connectivity index (χ0) is 14.7. The molecule has 1 N–H and O–H groups in total. The Morgan fingerprint density at radius 2 is 2.05 bits per heavy atom. The molecule has 4 nitrogen and oxygen atoms in total. The van der Waals surface area contributed by atoms with E-state index in [-0.39, 0.29) is 5.69 Å². The number of hydrogen-bond donors (Lipinski definition) is 1. The van der Waals surface area contributed by atoms with E-state index < -0.39 is 10.7 Å². The molecule has 0 aliphatic carbocycles. The Morgan fingerprint density at radius 1 is 1.30 bits per heavy atom. The van der Waals surface area contributed by atoms with Crippen LogP contribution < -0.4 is 5.32 Å². The molecule has 0 aliphatic heterocycles. The topological polar surface area (TPSA) is 55.2 Å². The highest BCUT2D eigenvalue weighted by atomic mass is 35.5. The molecule has 104 valence electrons. The first-order valence-electron chi connectivity index (χ1n) is 5.89. The van der Waals surface area contributed by atoms with Crippen molar-refractivity contribution in [3.63, 3.8) is 0 Å². The minimum absolute atomic E-state index is 0.0434. The molecule has 2 rings (SSSR count). The third-order valence-corrected chi connectivity index (χ3v) is 3.04. The maximum Gasteiger partial charge on any atom is 0.269 e. The molecule has 0 bridgehead atoms. The fraction of sp³-hybridized carbons (Fsp3) is 0.143. The van der Waals surface area contributed by atoms with Crippen LogP contribution in [0.3, 0.4) is 0 Å². The van der Waals surface area contributed by atoms with Gasteiger partial charge in [0, 0.05) is 29.4 Å². The molecule has 0 heterocycles. The molecule has 0 fully saturated rings. The van der Waals surface area contributed by atoms with E-state index in [0.29, 0.717) is 17.1 Å². The molecule has 0 saturated heterocycles. The van der Waals surface area contributed by atoms with Gasteiger partial charge in [-0.1, -0.05) is 11.6 Å². The lowest BCUT2D eigenvalue weighted by atomic mass is 10.1. The van der Waals surface area contributed by atoms with E-state index in [0.717, 1.165) is 11.3 Å². The zero-order valence-corrected chi connectivity index (χ0v) is 11.4. The number of hydrogen-bond acceptors (Lipinski definition) is 3. The van der Waals surface area contributed by atoms with Crippen molar-refractivity contribution in [2.75, 3.05) is 5.32 Å². The van der Waals surface area contributed by atoms with Crippen molar-refractivity contribution in [2.24, 2.45) is 0 Å². The van der Waals surface area contributed by atoms with Gasteiger partial charge in [-0.2, -0.15) is 0 Å². The van der Waals surface area contributed by atoms with Crippen LogP contribution in [0.5, 0.6) is 0 Å². The summed E-state index contributed by atoms with van der Waals surface area (Å²) in [5.41, 5.74) is 2.26. The normalized spacial score (nSPS) is 10.3. The molecule has 0 amide bonds. The standard InChI is InChI=1S/C14H12ClFN2O2/c1-9-4-13(18(19)20)2-3-14(9)17-8-10-5-11(15)7-12(16)6-10/h2-7,17H,8H2,1H3. The number of nitro groups is 1. The van der Waals surface area contributed by atoms with Gasteiger partial charge in [-0.3, -0.25) is 10.1 Å². The van der Waals surface area contributed by atoms with Crippen LogP contribution in [0.25, 0.3) is 0 Å². The lowest BCUT2D eigenvalue weighted by molar-refractivity contribution is -0.384. The smallest absolute Gasteiger partial charge is 0.269 e. The van der Waals surface area contributed by atoms with E-state index in [2.05, 4.69) is 5.32 Å². The van der Waals surface area contributed by atoms with E-state index in [9.17, 15) is 14.5 Å². The van der Waals surface area contributed by atoms with Gasteiger partial charge >= 0.3 is 0 Å². The molecular formula is C14H12ClFN2O2. The van der Waals surface area contributed by atoms with Gasteiger partial charge in [0.1, 0.15) is 5.82 Å².